The molecule has 0 aromatic heterocycles. The first kappa shape index (κ1) is 13.8. The monoisotopic (exact) mass is 267 g/mol. The SMILES string of the molecule is CCCOC1C(O)CC1Oc1cccc([N+](=O)[O-])c1. The number of aliphatic hydroxyl groups excluding tert-OH is 1. The van der Waals surface area contributed by atoms with Crippen LogP contribution in [-0.4, -0.2) is 34.9 Å². The lowest BCUT2D eigenvalue weighted by atomic mass is 9.88. The Bertz CT molecular complexity index is 450. The third-order valence-electron chi connectivity index (χ3n) is 3.05. The summed E-state index contributed by atoms with van der Waals surface area (Å²) in [6, 6.07) is 6.02. The van der Waals surface area contributed by atoms with Crippen LogP contribution >= 0.6 is 0 Å². The average molecular weight is 267 g/mol. The van der Waals surface area contributed by atoms with Crippen LogP contribution in [-0.2, 0) is 4.74 Å². The van der Waals surface area contributed by atoms with Crippen LogP contribution in [0.15, 0.2) is 24.3 Å². The second-order valence-corrected chi connectivity index (χ2v) is 4.55. The van der Waals surface area contributed by atoms with Crippen molar-refractivity contribution in [3.63, 3.8) is 0 Å². The summed E-state index contributed by atoms with van der Waals surface area (Å²) in [6.07, 6.45) is 0.238. The molecule has 6 nitrogen and oxygen atoms in total. The largest absolute Gasteiger partial charge is 0.487 e. The van der Waals surface area contributed by atoms with E-state index in [4.69, 9.17) is 9.47 Å². The molecule has 0 heterocycles. The van der Waals surface area contributed by atoms with Gasteiger partial charge in [-0.25, -0.2) is 0 Å². The molecule has 1 N–H and O–H groups in total. The Morgan fingerprint density at radius 1 is 1.53 bits per heavy atom. The molecule has 0 bridgehead atoms. The molecule has 0 radical (unpaired) electrons. The maximum atomic E-state index is 10.7. The number of nitrogens with zero attached hydrogens (tertiary/aromatic N) is 1. The van der Waals surface area contributed by atoms with Crippen LogP contribution in [0.25, 0.3) is 0 Å². The van der Waals surface area contributed by atoms with E-state index in [0.717, 1.165) is 6.42 Å². The van der Waals surface area contributed by atoms with Crippen LogP contribution < -0.4 is 4.74 Å². The van der Waals surface area contributed by atoms with Gasteiger partial charge >= 0.3 is 0 Å². The number of aliphatic hydroxyl groups is 1. The molecule has 104 valence electrons. The van der Waals surface area contributed by atoms with Gasteiger partial charge in [-0.3, -0.25) is 10.1 Å². The van der Waals surface area contributed by atoms with Gasteiger partial charge < -0.3 is 14.6 Å². The molecule has 3 atom stereocenters. The van der Waals surface area contributed by atoms with Crippen LogP contribution in [0.1, 0.15) is 19.8 Å². The quantitative estimate of drug-likeness (QED) is 0.628. The second kappa shape index (κ2) is 5.99. The van der Waals surface area contributed by atoms with E-state index in [1.807, 2.05) is 6.92 Å². The molecule has 1 saturated carbocycles. The summed E-state index contributed by atoms with van der Waals surface area (Å²) in [6.45, 7) is 2.55. The highest BCUT2D eigenvalue weighted by Gasteiger charge is 2.42. The van der Waals surface area contributed by atoms with Gasteiger partial charge in [0.1, 0.15) is 18.0 Å². The Hall–Kier alpha value is -1.66. The number of benzene rings is 1. The molecule has 1 aromatic carbocycles. The Labute approximate surface area is 111 Å². The van der Waals surface area contributed by atoms with E-state index in [1.165, 1.54) is 12.1 Å². The summed E-state index contributed by atoms with van der Waals surface area (Å²) >= 11 is 0. The molecule has 19 heavy (non-hydrogen) atoms. The number of rotatable bonds is 6. The smallest absolute Gasteiger partial charge is 0.273 e. The molecule has 1 fully saturated rings. The first-order valence-electron chi connectivity index (χ1n) is 6.32. The summed E-state index contributed by atoms with van der Waals surface area (Å²) in [5.41, 5.74) is -0.0107. The van der Waals surface area contributed by atoms with E-state index < -0.39 is 11.0 Å². The van der Waals surface area contributed by atoms with Crippen molar-refractivity contribution < 1.29 is 19.5 Å². The van der Waals surface area contributed by atoms with Crippen molar-refractivity contribution in [2.75, 3.05) is 6.61 Å². The standard InChI is InChI=1S/C13H17NO5/c1-2-6-18-13-11(15)8-12(13)19-10-5-3-4-9(7-10)14(16)17/h3-5,7,11-13,15H,2,6,8H2,1H3. The fourth-order valence-corrected chi connectivity index (χ4v) is 1.99. The van der Waals surface area contributed by atoms with Gasteiger partial charge in [0.05, 0.1) is 17.1 Å². The highest BCUT2D eigenvalue weighted by Crippen LogP contribution is 2.30. The summed E-state index contributed by atoms with van der Waals surface area (Å²) in [5, 5.41) is 20.3. The first-order valence-corrected chi connectivity index (χ1v) is 6.32. The number of ether oxygens (including phenoxy) is 2. The van der Waals surface area contributed by atoms with E-state index >= 15 is 0 Å². The topological polar surface area (TPSA) is 81.8 Å². The molecule has 6 heteroatoms. The number of non-ortho nitro benzene ring substituents is 1. The van der Waals surface area contributed by atoms with Crippen molar-refractivity contribution >= 4 is 5.69 Å². The summed E-state index contributed by atoms with van der Waals surface area (Å²) < 4.78 is 11.1. The molecular formula is C13H17NO5. The van der Waals surface area contributed by atoms with Gasteiger partial charge in [-0.1, -0.05) is 13.0 Å². The minimum absolute atomic E-state index is 0.0107. The van der Waals surface area contributed by atoms with E-state index in [-0.39, 0.29) is 17.9 Å². The lowest BCUT2D eigenvalue weighted by Gasteiger charge is -2.40. The van der Waals surface area contributed by atoms with Crippen LogP contribution in [0.4, 0.5) is 5.69 Å². The molecule has 1 aromatic rings. The van der Waals surface area contributed by atoms with Gasteiger partial charge in [0, 0.05) is 19.1 Å². The molecule has 0 amide bonds. The number of hydrogen-bond donors (Lipinski definition) is 1. The Kier molecular flexibility index (Phi) is 4.34. The minimum atomic E-state index is -0.518. The van der Waals surface area contributed by atoms with E-state index in [1.54, 1.807) is 12.1 Å². The average Bonchev–Trinajstić information content (AvgIpc) is 2.39. The first-order chi connectivity index (χ1) is 9.11. The molecule has 1 aliphatic rings. The third kappa shape index (κ3) is 3.21. The summed E-state index contributed by atoms with van der Waals surface area (Å²) in [7, 11) is 0. The maximum absolute atomic E-state index is 10.7. The van der Waals surface area contributed by atoms with Gasteiger partial charge in [-0.15, -0.1) is 0 Å². The zero-order chi connectivity index (χ0) is 13.8. The van der Waals surface area contributed by atoms with Gasteiger partial charge in [0.2, 0.25) is 0 Å². The van der Waals surface area contributed by atoms with Crippen LogP contribution in [0.3, 0.4) is 0 Å². The Morgan fingerprint density at radius 3 is 2.95 bits per heavy atom. The summed E-state index contributed by atoms with van der Waals surface area (Å²) in [4.78, 5) is 10.2. The van der Waals surface area contributed by atoms with Crippen molar-refractivity contribution in [1.29, 1.82) is 0 Å². The number of nitro groups is 1. The van der Waals surface area contributed by atoms with Crippen LogP contribution in [0.2, 0.25) is 0 Å². The lowest BCUT2D eigenvalue weighted by molar-refractivity contribution is -0.385. The van der Waals surface area contributed by atoms with E-state index in [0.29, 0.717) is 18.8 Å². The minimum Gasteiger partial charge on any atom is -0.487 e. The van der Waals surface area contributed by atoms with Crippen molar-refractivity contribution in [3.8, 4) is 5.75 Å². The van der Waals surface area contributed by atoms with Crippen molar-refractivity contribution in [2.45, 2.75) is 38.1 Å². The van der Waals surface area contributed by atoms with Crippen molar-refractivity contribution in [3.05, 3.63) is 34.4 Å². The second-order valence-electron chi connectivity index (χ2n) is 4.55. The van der Waals surface area contributed by atoms with E-state index in [2.05, 4.69) is 0 Å². The molecular weight excluding hydrogens is 250 g/mol. The molecule has 0 spiro atoms. The van der Waals surface area contributed by atoms with E-state index in [9.17, 15) is 15.2 Å². The lowest BCUT2D eigenvalue weighted by Crippen LogP contribution is -2.55. The van der Waals surface area contributed by atoms with Gasteiger partial charge in [-0.2, -0.15) is 0 Å². The fourth-order valence-electron chi connectivity index (χ4n) is 1.99. The van der Waals surface area contributed by atoms with Crippen LogP contribution in [0.5, 0.6) is 5.75 Å². The number of nitro benzene ring substituents is 1. The molecule has 0 saturated heterocycles. The Morgan fingerprint density at radius 2 is 2.32 bits per heavy atom. The highest BCUT2D eigenvalue weighted by atomic mass is 16.6. The van der Waals surface area contributed by atoms with Crippen molar-refractivity contribution in [2.24, 2.45) is 0 Å². The normalized spacial score (nSPS) is 25.7. The van der Waals surface area contributed by atoms with Gasteiger partial charge in [0.15, 0.2) is 0 Å². The van der Waals surface area contributed by atoms with Gasteiger partial charge in [-0.05, 0) is 12.5 Å². The predicted molar refractivity (Wildman–Crippen MR) is 68.2 cm³/mol. The molecule has 2 rings (SSSR count). The van der Waals surface area contributed by atoms with Gasteiger partial charge in [0.25, 0.3) is 5.69 Å². The Balaban J connectivity index is 1.97. The third-order valence-corrected chi connectivity index (χ3v) is 3.05. The van der Waals surface area contributed by atoms with Crippen molar-refractivity contribution in [1.82, 2.24) is 0 Å². The fraction of sp³-hybridized carbons (Fsp3) is 0.538. The zero-order valence-corrected chi connectivity index (χ0v) is 10.7. The predicted octanol–water partition coefficient (Wildman–Crippen LogP) is 1.90. The van der Waals surface area contributed by atoms with Crippen LogP contribution in [0, 0.1) is 10.1 Å². The molecule has 1 aliphatic carbocycles. The number of hydrogen-bond acceptors (Lipinski definition) is 5. The maximum Gasteiger partial charge on any atom is 0.273 e. The zero-order valence-electron chi connectivity index (χ0n) is 10.7. The molecule has 3 unspecified atom stereocenters. The summed E-state index contributed by atoms with van der Waals surface area (Å²) in [5.74, 6) is 0.427. The highest BCUT2D eigenvalue weighted by molar-refractivity contribution is 5.38. The molecule has 0 aliphatic heterocycles.